The van der Waals surface area contributed by atoms with E-state index in [1.54, 1.807) is 0 Å². The minimum atomic E-state index is 0.0834. The summed E-state index contributed by atoms with van der Waals surface area (Å²) in [5.41, 5.74) is 3.09. The quantitative estimate of drug-likeness (QED) is 0.740. The van der Waals surface area contributed by atoms with E-state index in [4.69, 9.17) is 0 Å². The molecule has 2 aromatic heterocycles. The van der Waals surface area contributed by atoms with Gasteiger partial charge in [0.25, 0.3) is 0 Å². The van der Waals surface area contributed by atoms with Crippen LogP contribution < -0.4 is 5.32 Å². The van der Waals surface area contributed by atoms with Gasteiger partial charge in [0.15, 0.2) is 10.8 Å². The van der Waals surface area contributed by atoms with Crippen molar-refractivity contribution < 1.29 is 4.79 Å². The first-order chi connectivity index (χ1) is 11.7. The molecule has 1 saturated carbocycles. The van der Waals surface area contributed by atoms with Crippen molar-refractivity contribution in [2.45, 2.75) is 43.8 Å². The van der Waals surface area contributed by atoms with Gasteiger partial charge in [-0.15, -0.1) is 10.2 Å². The molecule has 0 unspecified atom stereocenters. The lowest BCUT2D eigenvalue weighted by molar-refractivity contribution is -0.119. The van der Waals surface area contributed by atoms with Gasteiger partial charge in [-0.2, -0.15) is 0 Å². The van der Waals surface area contributed by atoms with Crippen molar-refractivity contribution >= 4 is 34.2 Å². The van der Waals surface area contributed by atoms with Gasteiger partial charge in [-0.25, -0.2) is 0 Å². The van der Waals surface area contributed by atoms with E-state index < -0.39 is 0 Å². The summed E-state index contributed by atoms with van der Waals surface area (Å²) in [6, 6.07) is 10.6. The summed E-state index contributed by atoms with van der Waals surface area (Å²) in [6.07, 6.45) is 4.65. The summed E-state index contributed by atoms with van der Waals surface area (Å²) in [5, 5.41) is 13.6. The van der Waals surface area contributed by atoms with Crippen LogP contribution in [0, 0.1) is 6.92 Å². The van der Waals surface area contributed by atoms with Gasteiger partial charge in [0, 0.05) is 11.4 Å². The third-order valence-electron chi connectivity index (χ3n) is 4.63. The second-order valence-corrected chi connectivity index (χ2v) is 7.30. The van der Waals surface area contributed by atoms with Crippen molar-refractivity contribution in [1.29, 1.82) is 0 Å². The lowest BCUT2D eigenvalue weighted by Gasteiger charge is -2.11. The van der Waals surface area contributed by atoms with Crippen LogP contribution in [0.5, 0.6) is 0 Å². The molecular weight excluding hydrogens is 320 g/mol. The first kappa shape index (κ1) is 15.4. The highest BCUT2D eigenvalue weighted by atomic mass is 32.2. The molecule has 124 valence electrons. The van der Waals surface area contributed by atoms with E-state index in [9.17, 15) is 4.79 Å². The number of aryl methyl sites for hydroxylation is 1. The predicted molar refractivity (Wildman–Crippen MR) is 96.4 cm³/mol. The summed E-state index contributed by atoms with van der Waals surface area (Å²) < 4.78 is 2.04. The molecule has 0 atom stereocenters. The molecule has 24 heavy (non-hydrogen) atoms. The van der Waals surface area contributed by atoms with E-state index in [2.05, 4.69) is 34.6 Å². The molecular formula is C18H20N4OS. The number of carbonyl (C=O) groups excluding carboxylic acids is 1. The third-order valence-corrected chi connectivity index (χ3v) is 5.56. The zero-order chi connectivity index (χ0) is 16.5. The van der Waals surface area contributed by atoms with Crippen LogP contribution >= 0.6 is 11.8 Å². The normalized spacial score (nSPS) is 15.4. The Kier molecular flexibility index (Phi) is 4.14. The fourth-order valence-electron chi connectivity index (χ4n) is 3.44. The standard InChI is InChI=1S/C18H20N4OS/c1-12-10-16-20-21-18(22(16)15-9-5-4-8-14(12)15)24-11-17(23)19-13-6-2-3-7-13/h4-5,8-10,13H,2-3,6-7,11H2,1H3,(H,19,23). The molecule has 1 N–H and O–H groups in total. The molecule has 0 aliphatic heterocycles. The molecule has 0 radical (unpaired) electrons. The fraction of sp³-hybridized carbons (Fsp3) is 0.389. The van der Waals surface area contributed by atoms with E-state index in [0.29, 0.717) is 11.8 Å². The van der Waals surface area contributed by atoms with Gasteiger partial charge in [0.1, 0.15) is 0 Å². The Morgan fingerprint density at radius 3 is 2.92 bits per heavy atom. The first-order valence-electron chi connectivity index (χ1n) is 8.38. The number of nitrogens with one attached hydrogen (secondary N) is 1. The Labute approximate surface area is 144 Å². The molecule has 1 amide bonds. The molecule has 1 aliphatic carbocycles. The number of carbonyl (C=O) groups is 1. The van der Waals surface area contributed by atoms with Gasteiger partial charge >= 0.3 is 0 Å². The van der Waals surface area contributed by atoms with Crippen molar-refractivity contribution in [2.24, 2.45) is 0 Å². The highest BCUT2D eigenvalue weighted by molar-refractivity contribution is 7.99. The molecule has 5 nitrogen and oxygen atoms in total. The lowest BCUT2D eigenvalue weighted by Crippen LogP contribution is -2.33. The second-order valence-electron chi connectivity index (χ2n) is 6.36. The smallest absolute Gasteiger partial charge is 0.230 e. The molecule has 0 spiro atoms. The predicted octanol–water partition coefficient (Wildman–Crippen LogP) is 3.34. The second kappa shape index (κ2) is 6.43. The van der Waals surface area contributed by atoms with Crippen LogP contribution in [0.4, 0.5) is 0 Å². The number of para-hydroxylation sites is 1. The molecule has 0 saturated heterocycles. The van der Waals surface area contributed by atoms with Gasteiger partial charge in [-0.3, -0.25) is 9.20 Å². The Morgan fingerprint density at radius 2 is 2.08 bits per heavy atom. The van der Waals surface area contributed by atoms with E-state index in [1.165, 1.54) is 35.6 Å². The first-order valence-corrected chi connectivity index (χ1v) is 9.36. The van der Waals surface area contributed by atoms with Gasteiger partial charge in [-0.05, 0) is 37.5 Å². The molecule has 6 heteroatoms. The number of aromatic nitrogens is 3. The monoisotopic (exact) mass is 340 g/mol. The highest BCUT2D eigenvalue weighted by Crippen LogP contribution is 2.25. The highest BCUT2D eigenvalue weighted by Gasteiger charge is 2.18. The van der Waals surface area contributed by atoms with Gasteiger partial charge in [0.2, 0.25) is 5.91 Å². The van der Waals surface area contributed by atoms with Crippen molar-refractivity contribution in [1.82, 2.24) is 19.9 Å². The maximum atomic E-state index is 12.2. The van der Waals surface area contributed by atoms with Crippen LogP contribution in [-0.2, 0) is 4.79 Å². The zero-order valence-electron chi connectivity index (χ0n) is 13.7. The fourth-order valence-corrected chi connectivity index (χ4v) is 4.20. The molecule has 4 rings (SSSR count). The van der Waals surface area contributed by atoms with Crippen molar-refractivity contribution in [3.8, 4) is 0 Å². The summed E-state index contributed by atoms with van der Waals surface area (Å²) in [7, 11) is 0. The van der Waals surface area contributed by atoms with Crippen LogP contribution in [0.25, 0.3) is 16.6 Å². The Balaban J connectivity index is 1.58. The number of amides is 1. The number of pyridine rings is 1. The number of hydrogen-bond acceptors (Lipinski definition) is 4. The van der Waals surface area contributed by atoms with E-state index in [0.717, 1.165) is 29.2 Å². The summed E-state index contributed by atoms with van der Waals surface area (Å²) in [6.45, 7) is 2.08. The molecule has 0 bridgehead atoms. The topological polar surface area (TPSA) is 59.3 Å². The van der Waals surface area contributed by atoms with Crippen LogP contribution in [0.2, 0.25) is 0 Å². The minimum Gasteiger partial charge on any atom is -0.353 e. The number of fused-ring (bicyclic) bond motifs is 3. The number of thioether (sulfide) groups is 1. The average molecular weight is 340 g/mol. The van der Waals surface area contributed by atoms with Gasteiger partial charge in [-0.1, -0.05) is 42.8 Å². The molecule has 3 aromatic rings. The minimum absolute atomic E-state index is 0.0834. The third kappa shape index (κ3) is 2.86. The van der Waals surface area contributed by atoms with Gasteiger partial charge < -0.3 is 5.32 Å². The van der Waals surface area contributed by atoms with Crippen LogP contribution in [0.3, 0.4) is 0 Å². The van der Waals surface area contributed by atoms with Crippen LogP contribution in [-0.4, -0.2) is 32.3 Å². The van der Waals surface area contributed by atoms with Crippen LogP contribution in [0.15, 0.2) is 35.5 Å². The maximum Gasteiger partial charge on any atom is 0.230 e. The molecule has 1 fully saturated rings. The van der Waals surface area contributed by atoms with Gasteiger partial charge in [0.05, 0.1) is 11.3 Å². The number of rotatable bonds is 4. The number of benzene rings is 1. The van der Waals surface area contributed by atoms with Crippen molar-refractivity contribution in [2.75, 3.05) is 5.75 Å². The van der Waals surface area contributed by atoms with E-state index in [-0.39, 0.29) is 5.91 Å². The number of hydrogen-bond donors (Lipinski definition) is 1. The van der Waals surface area contributed by atoms with Crippen LogP contribution in [0.1, 0.15) is 31.2 Å². The van der Waals surface area contributed by atoms with Crippen molar-refractivity contribution in [3.05, 3.63) is 35.9 Å². The van der Waals surface area contributed by atoms with Crippen molar-refractivity contribution in [3.63, 3.8) is 0 Å². The lowest BCUT2D eigenvalue weighted by atomic mass is 10.1. The summed E-state index contributed by atoms with van der Waals surface area (Å²) >= 11 is 1.45. The average Bonchev–Trinajstić information content (AvgIpc) is 3.23. The van der Waals surface area contributed by atoms with E-state index >= 15 is 0 Å². The Bertz CT molecular complexity index is 899. The van der Waals surface area contributed by atoms with E-state index in [1.807, 2.05) is 22.6 Å². The summed E-state index contributed by atoms with van der Waals surface area (Å²) in [5.74, 6) is 0.458. The maximum absolute atomic E-state index is 12.2. The number of nitrogens with zero attached hydrogens (tertiary/aromatic N) is 3. The Hall–Kier alpha value is -2.08. The Morgan fingerprint density at radius 1 is 1.29 bits per heavy atom. The summed E-state index contributed by atoms with van der Waals surface area (Å²) in [4.78, 5) is 12.2. The molecule has 1 aliphatic rings. The zero-order valence-corrected chi connectivity index (χ0v) is 14.5. The SMILES string of the molecule is Cc1cc2nnc(SCC(=O)NC3CCCC3)n2c2ccccc12. The molecule has 2 heterocycles. The molecule has 1 aromatic carbocycles. The largest absolute Gasteiger partial charge is 0.353 e.